The number of carbonyl (C=O) groups is 1. The van der Waals surface area contributed by atoms with Crippen LogP contribution in [0, 0.1) is 11.8 Å². The van der Waals surface area contributed by atoms with Gasteiger partial charge in [0, 0.05) is 0 Å². The summed E-state index contributed by atoms with van der Waals surface area (Å²) in [5, 5.41) is 0. The molecular weight excluding hydrogens is 116 g/mol. The maximum absolute atomic E-state index is 10.7. The van der Waals surface area contributed by atoms with Crippen molar-refractivity contribution in [2.75, 3.05) is 7.11 Å². The number of ether oxygens (including phenoxy) is 1. The fraction of sp³-hybridized carbons (Fsp3) is 0.571. The first-order valence-corrected chi connectivity index (χ1v) is 3.00. The van der Waals surface area contributed by atoms with Crippen molar-refractivity contribution in [3.8, 4) is 0 Å². The fourth-order valence-corrected chi connectivity index (χ4v) is 0.898. The molecule has 0 aromatic rings. The minimum absolute atomic E-state index is 0.0973. The van der Waals surface area contributed by atoms with Gasteiger partial charge in [-0.25, -0.2) is 0 Å². The molecule has 0 spiro atoms. The van der Waals surface area contributed by atoms with E-state index in [2.05, 4.69) is 11.3 Å². The van der Waals surface area contributed by atoms with Gasteiger partial charge in [-0.05, 0) is 12.3 Å². The molecule has 1 aliphatic carbocycles. The summed E-state index contributed by atoms with van der Waals surface area (Å²) in [5.41, 5.74) is 0. The Bertz CT molecular complexity index is 140. The molecule has 0 N–H and O–H groups in total. The Kier molecular flexibility index (Phi) is 1.56. The molecule has 0 heterocycles. The van der Waals surface area contributed by atoms with E-state index in [1.807, 2.05) is 6.08 Å². The fourth-order valence-electron chi connectivity index (χ4n) is 0.898. The highest BCUT2D eigenvalue weighted by Gasteiger charge is 2.41. The molecule has 0 aromatic carbocycles. The van der Waals surface area contributed by atoms with E-state index in [9.17, 15) is 4.79 Å². The van der Waals surface area contributed by atoms with Crippen LogP contribution in [0.1, 0.15) is 6.42 Å². The van der Waals surface area contributed by atoms with E-state index in [0.717, 1.165) is 6.42 Å². The molecular formula is C7H10O2. The van der Waals surface area contributed by atoms with Gasteiger partial charge >= 0.3 is 5.97 Å². The highest BCUT2D eigenvalue weighted by atomic mass is 16.5. The number of hydrogen-bond donors (Lipinski definition) is 0. The van der Waals surface area contributed by atoms with E-state index in [1.54, 1.807) is 0 Å². The molecule has 9 heavy (non-hydrogen) atoms. The number of hydrogen-bond acceptors (Lipinski definition) is 2. The zero-order valence-corrected chi connectivity index (χ0v) is 5.46. The van der Waals surface area contributed by atoms with Crippen molar-refractivity contribution in [1.29, 1.82) is 0 Å². The molecule has 0 amide bonds. The molecule has 0 bridgehead atoms. The summed E-state index contributed by atoms with van der Waals surface area (Å²) in [7, 11) is 1.42. The largest absolute Gasteiger partial charge is 0.469 e. The van der Waals surface area contributed by atoms with Gasteiger partial charge in [0.2, 0.25) is 0 Å². The van der Waals surface area contributed by atoms with Crippen molar-refractivity contribution >= 4 is 5.97 Å². The van der Waals surface area contributed by atoms with E-state index < -0.39 is 0 Å². The standard InChI is InChI=1S/C7H10O2/c1-3-5-4-6(5)7(8)9-2/h3,5-6H,1,4H2,2H3/t5?,6-/m0/s1. The van der Waals surface area contributed by atoms with Crippen LogP contribution in [-0.2, 0) is 9.53 Å². The third-order valence-corrected chi connectivity index (χ3v) is 1.65. The lowest BCUT2D eigenvalue weighted by atomic mass is 10.3. The number of carbonyl (C=O) groups excluding carboxylic acids is 1. The van der Waals surface area contributed by atoms with Gasteiger partial charge in [0.1, 0.15) is 0 Å². The van der Waals surface area contributed by atoms with Crippen molar-refractivity contribution in [3.05, 3.63) is 12.7 Å². The lowest BCUT2D eigenvalue weighted by molar-refractivity contribution is -0.142. The predicted molar refractivity (Wildman–Crippen MR) is 33.8 cm³/mol. The maximum atomic E-state index is 10.7. The van der Waals surface area contributed by atoms with Gasteiger partial charge in [0.25, 0.3) is 0 Å². The zero-order chi connectivity index (χ0) is 6.85. The normalized spacial score (nSPS) is 31.2. The second-order valence-corrected chi connectivity index (χ2v) is 2.26. The Morgan fingerprint density at radius 1 is 1.89 bits per heavy atom. The van der Waals surface area contributed by atoms with Gasteiger partial charge in [-0.2, -0.15) is 0 Å². The molecule has 0 saturated heterocycles. The molecule has 0 radical (unpaired) electrons. The van der Waals surface area contributed by atoms with Crippen LogP contribution in [0.2, 0.25) is 0 Å². The molecule has 2 heteroatoms. The average molecular weight is 126 g/mol. The molecule has 1 unspecified atom stereocenters. The first-order chi connectivity index (χ1) is 4.29. The van der Waals surface area contributed by atoms with Gasteiger partial charge in [0.05, 0.1) is 13.0 Å². The monoisotopic (exact) mass is 126 g/mol. The summed E-state index contributed by atoms with van der Waals surface area (Å²) in [4.78, 5) is 10.7. The Labute approximate surface area is 54.5 Å². The Hall–Kier alpha value is -0.790. The maximum Gasteiger partial charge on any atom is 0.309 e. The van der Waals surface area contributed by atoms with Crippen LogP contribution < -0.4 is 0 Å². The lowest BCUT2D eigenvalue weighted by Crippen LogP contribution is -2.03. The minimum atomic E-state index is -0.0973. The molecule has 1 fully saturated rings. The van der Waals surface area contributed by atoms with Crippen LogP contribution in [0.3, 0.4) is 0 Å². The number of esters is 1. The summed E-state index contributed by atoms with van der Waals surface area (Å²) >= 11 is 0. The Balaban J connectivity index is 2.33. The molecule has 2 atom stereocenters. The van der Waals surface area contributed by atoms with Gasteiger partial charge in [-0.1, -0.05) is 6.08 Å². The van der Waals surface area contributed by atoms with Crippen LogP contribution >= 0.6 is 0 Å². The molecule has 2 nitrogen and oxygen atoms in total. The van der Waals surface area contributed by atoms with Crippen molar-refractivity contribution in [2.45, 2.75) is 6.42 Å². The van der Waals surface area contributed by atoms with Crippen LogP contribution in [0.4, 0.5) is 0 Å². The SMILES string of the molecule is C=CC1C[C@@H]1C(=O)OC. The third-order valence-electron chi connectivity index (χ3n) is 1.65. The van der Waals surface area contributed by atoms with Crippen LogP contribution in [0.25, 0.3) is 0 Å². The van der Waals surface area contributed by atoms with Crippen LogP contribution in [0.5, 0.6) is 0 Å². The average Bonchev–Trinajstić information content (AvgIpc) is 2.64. The first kappa shape index (κ1) is 6.33. The van der Waals surface area contributed by atoms with Crippen molar-refractivity contribution in [3.63, 3.8) is 0 Å². The summed E-state index contributed by atoms with van der Waals surface area (Å²) < 4.78 is 4.52. The second kappa shape index (κ2) is 2.21. The van der Waals surface area contributed by atoms with Crippen molar-refractivity contribution in [1.82, 2.24) is 0 Å². The van der Waals surface area contributed by atoms with E-state index >= 15 is 0 Å². The highest BCUT2D eigenvalue weighted by Crippen LogP contribution is 2.39. The van der Waals surface area contributed by atoms with Crippen LogP contribution in [-0.4, -0.2) is 13.1 Å². The van der Waals surface area contributed by atoms with E-state index in [4.69, 9.17) is 0 Å². The van der Waals surface area contributed by atoms with Crippen molar-refractivity contribution < 1.29 is 9.53 Å². The minimum Gasteiger partial charge on any atom is -0.469 e. The lowest BCUT2D eigenvalue weighted by Gasteiger charge is -1.92. The Morgan fingerprint density at radius 2 is 2.56 bits per heavy atom. The Morgan fingerprint density at radius 3 is 2.89 bits per heavy atom. The summed E-state index contributed by atoms with van der Waals surface area (Å²) in [6, 6.07) is 0. The summed E-state index contributed by atoms with van der Waals surface area (Å²) in [6.45, 7) is 3.58. The number of rotatable bonds is 2. The summed E-state index contributed by atoms with van der Waals surface area (Å²) in [5.74, 6) is 0.407. The molecule has 0 aromatic heterocycles. The highest BCUT2D eigenvalue weighted by molar-refractivity contribution is 5.75. The molecule has 0 aliphatic heterocycles. The quantitative estimate of drug-likeness (QED) is 0.407. The smallest absolute Gasteiger partial charge is 0.309 e. The zero-order valence-electron chi connectivity index (χ0n) is 5.46. The van der Waals surface area contributed by atoms with Gasteiger partial charge in [0.15, 0.2) is 0 Å². The van der Waals surface area contributed by atoms with E-state index in [0.29, 0.717) is 5.92 Å². The molecule has 1 aliphatic rings. The molecule has 50 valence electrons. The van der Waals surface area contributed by atoms with Crippen molar-refractivity contribution in [2.24, 2.45) is 11.8 Å². The predicted octanol–water partition coefficient (Wildman–Crippen LogP) is 0.982. The topological polar surface area (TPSA) is 26.3 Å². The first-order valence-electron chi connectivity index (χ1n) is 3.00. The van der Waals surface area contributed by atoms with E-state index in [1.165, 1.54) is 7.11 Å². The van der Waals surface area contributed by atoms with Gasteiger partial charge < -0.3 is 4.74 Å². The summed E-state index contributed by atoms with van der Waals surface area (Å²) in [6.07, 6.45) is 2.73. The number of allylic oxidation sites excluding steroid dienone is 1. The molecule has 1 saturated carbocycles. The number of methoxy groups -OCH3 is 1. The molecule has 1 rings (SSSR count). The third kappa shape index (κ3) is 1.12. The second-order valence-electron chi connectivity index (χ2n) is 2.26. The van der Waals surface area contributed by atoms with Gasteiger partial charge in [-0.15, -0.1) is 6.58 Å². The van der Waals surface area contributed by atoms with Gasteiger partial charge in [-0.3, -0.25) is 4.79 Å². The van der Waals surface area contributed by atoms with Crippen LogP contribution in [0.15, 0.2) is 12.7 Å². The van der Waals surface area contributed by atoms with E-state index in [-0.39, 0.29) is 11.9 Å².